The molecule has 0 unspecified atom stereocenters. The molecular weight excluding hydrogens is 200 g/mol. The highest BCUT2D eigenvalue weighted by Gasteiger charge is 1.92. The SMILES string of the molecule is CC(C)=O.O=Cc1ccc2ccccc2c1. The maximum absolute atomic E-state index is 10.5. The van der Waals surface area contributed by atoms with Crippen molar-refractivity contribution in [3.8, 4) is 0 Å². The Bertz CT molecular complexity index is 497. The van der Waals surface area contributed by atoms with Gasteiger partial charge in [-0.1, -0.05) is 36.4 Å². The zero-order valence-electron chi connectivity index (χ0n) is 9.44. The topological polar surface area (TPSA) is 34.1 Å². The molecule has 0 atom stereocenters. The van der Waals surface area contributed by atoms with E-state index in [1.807, 2.05) is 42.5 Å². The third-order valence-electron chi connectivity index (χ3n) is 1.91. The average Bonchev–Trinajstić information content (AvgIpc) is 2.27. The smallest absolute Gasteiger partial charge is 0.150 e. The molecule has 0 aliphatic heterocycles. The molecule has 0 saturated carbocycles. The van der Waals surface area contributed by atoms with Crippen molar-refractivity contribution in [2.45, 2.75) is 13.8 Å². The Kier molecular flexibility index (Phi) is 4.40. The lowest BCUT2D eigenvalue weighted by molar-refractivity contribution is -0.114. The van der Waals surface area contributed by atoms with Crippen LogP contribution in [0.2, 0.25) is 0 Å². The van der Waals surface area contributed by atoms with Gasteiger partial charge < -0.3 is 4.79 Å². The lowest BCUT2D eigenvalue weighted by Gasteiger charge is -1.96. The number of ketones is 1. The number of benzene rings is 2. The van der Waals surface area contributed by atoms with E-state index in [1.165, 1.54) is 19.2 Å². The molecule has 0 fully saturated rings. The predicted octanol–water partition coefficient (Wildman–Crippen LogP) is 3.25. The van der Waals surface area contributed by atoms with Crippen molar-refractivity contribution in [3.63, 3.8) is 0 Å². The van der Waals surface area contributed by atoms with Gasteiger partial charge in [-0.25, -0.2) is 0 Å². The zero-order valence-corrected chi connectivity index (χ0v) is 9.44. The molecule has 0 aromatic heterocycles. The largest absolute Gasteiger partial charge is 0.300 e. The summed E-state index contributed by atoms with van der Waals surface area (Å²) in [5, 5.41) is 2.28. The van der Waals surface area contributed by atoms with Crippen molar-refractivity contribution < 1.29 is 9.59 Å². The van der Waals surface area contributed by atoms with E-state index in [2.05, 4.69) is 0 Å². The first kappa shape index (κ1) is 12.1. The summed E-state index contributed by atoms with van der Waals surface area (Å²) in [6, 6.07) is 13.7. The molecule has 0 aliphatic carbocycles. The third kappa shape index (κ3) is 3.65. The normalized spacial score (nSPS) is 9.12. The second kappa shape index (κ2) is 5.81. The first-order valence-electron chi connectivity index (χ1n) is 5.04. The van der Waals surface area contributed by atoms with E-state index in [1.54, 1.807) is 0 Å². The van der Waals surface area contributed by atoms with E-state index in [9.17, 15) is 9.59 Å². The molecule has 0 saturated heterocycles. The van der Waals surface area contributed by atoms with E-state index in [0.717, 1.165) is 17.2 Å². The molecule has 0 spiro atoms. The third-order valence-corrected chi connectivity index (χ3v) is 1.91. The molecule has 2 aromatic rings. The number of carbonyl (C=O) groups is 2. The van der Waals surface area contributed by atoms with E-state index in [-0.39, 0.29) is 5.78 Å². The molecule has 2 aromatic carbocycles. The van der Waals surface area contributed by atoms with Crippen LogP contribution < -0.4 is 0 Å². The van der Waals surface area contributed by atoms with Gasteiger partial charge in [-0.2, -0.15) is 0 Å². The molecule has 82 valence electrons. The number of rotatable bonds is 1. The maximum atomic E-state index is 10.5. The molecule has 0 aliphatic rings. The van der Waals surface area contributed by atoms with E-state index in [0.29, 0.717) is 0 Å². The van der Waals surface area contributed by atoms with Gasteiger partial charge in [0.1, 0.15) is 12.1 Å². The van der Waals surface area contributed by atoms with Crippen LogP contribution in [0.1, 0.15) is 24.2 Å². The van der Waals surface area contributed by atoms with Gasteiger partial charge in [0.25, 0.3) is 0 Å². The summed E-state index contributed by atoms with van der Waals surface area (Å²) in [5.41, 5.74) is 0.730. The molecule has 0 amide bonds. The zero-order chi connectivity index (χ0) is 12.0. The van der Waals surface area contributed by atoms with Crippen LogP contribution in [0.15, 0.2) is 42.5 Å². The lowest BCUT2D eigenvalue weighted by atomic mass is 10.1. The summed E-state index contributed by atoms with van der Waals surface area (Å²) in [6.45, 7) is 3.06. The quantitative estimate of drug-likeness (QED) is 0.683. The van der Waals surface area contributed by atoms with Crippen LogP contribution in [0.25, 0.3) is 10.8 Å². The van der Waals surface area contributed by atoms with Crippen molar-refractivity contribution in [1.82, 2.24) is 0 Å². The highest BCUT2D eigenvalue weighted by molar-refractivity contribution is 5.88. The fourth-order valence-electron chi connectivity index (χ4n) is 1.28. The molecule has 2 rings (SSSR count). The standard InChI is InChI=1S/C11H8O.C3H6O/c12-8-9-5-6-10-3-1-2-4-11(10)7-9;1-3(2)4/h1-8H;1-2H3. The molecule has 0 bridgehead atoms. The second-order valence-corrected chi connectivity index (χ2v) is 3.63. The van der Waals surface area contributed by atoms with Gasteiger partial charge >= 0.3 is 0 Å². The van der Waals surface area contributed by atoms with Crippen LogP contribution in [0.3, 0.4) is 0 Å². The number of aldehydes is 1. The van der Waals surface area contributed by atoms with Crippen LogP contribution in [-0.4, -0.2) is 12.1 Å². The summed E-state index contributed by atoms with van der Waals surface area (Å²) in [7, 11) is 0. The first-order chi connectivity index (χ1) is 7.63. The predicted molar refractivity (Wildman–Crippen MR) is 65.7 cm³/mol. The van der Waals surface area contributed by atoms with Crippen LogP contribution >= 0.6 is 0 Å². The number of carbonyl (C=O) groups excluding carboxylic acids is 2. The Morgan fingerprint density at radius 3 is 2.12 bits per heavy atom. The number of Topliss-reactive ketones (excluding diaryl/α,β-unsaturated/α-hetero) is 1. The van der Waals surface area contributed by atoms with E-state index >= 15 is 0 Å². The van der Waals surface area contributed by atoms with Gasteiger partial charge in [-0.15, -0.1) is 0 Å². The highest BCUT2D eigenvalue weighted by atomic mass is 16.1. The maximum Gasteiger partial charge on any atom is 0.150 e. The summed E-state index contributed by atoms with van der Waals surface area (Å²) in [5.74, 6) is 0.167. The minimum absolute atomic E-state index is 0.167. The van der Waals surface area contributed by atoms with Crippen LogP contribution in [0.4, 0.5) is 0 Å². The summed E-state index contributed by atoms with van der Waals surface area (Å²) in [6.07, 6.45) is 0.867. The average molecular weight is 214 g/mol. The number of fused-ring (bicyclic) bond motifs is 1. The number of hydrogen-bond donors (Lipinski definition) is 0. The van der Waals surface area contributed by atoms with Gasteiger partial charge in [-0.05, 0) is 30.7 Å². The molecular formula is C14H14O2. The fourth-order valence-corrected chi connectivity index (χ4v) is 1.28. The van der Waals surface area contributed by atoms with Crippen molar-refractivity contribution in [3.05, 3.63) is 48.0 Å². The fraction of sp³-hybridized carbons (Fsp3) is 0.143. The van der Waals surface area contributed by atoms with Gasteiger partial charge in [0.2, 0.25) is 0 Å². The second-order valence-electron chi connectivity index (χ2n) is 3.63. The molecule has 0 N–H and O–H groups in total. The van der Waals surface area contributed by atoms with Crippen LogP contribution in [0, 0.1) is 0 Å². The minimum Gasteiger partial charge on any atom is -0.300 e. The molecule has 2 nitrogen and oxygen atoms in total. The van der Waals surface area contributed by atoms with Crippen molar-refractivity contribution in [2.24, 2.45) is 0 Å². The Hall–Kier alpha value is -1.96. The lowest BCUT2D eigenvalue weighted by Crippen LogP contribution is -1.78. The number of hydrogen-bond acceptors (Lipinski definition) is 2. The Balaban J connectivity index is 0.000000280. The minimum atomic E-state index is 0.167. The van der Waals surface area contributed by atoms with Crippen LogP contribution in [0.5, 0.6) is 0 Å². The van der Waals surface area contributed by atoms with Crippen molar-refractivity contribution >= 4 is 22.8 Å². The molecule has 0 heterocycles. The molecule has 0 radical (unpaired) electrons. The van der Waals surface area contributed by atoms with Gasteiger partial charge in [0, 0.05) is 5.56 Å². The Morgan fingerprint density at radius 1 is 1.00 bits per heavy atom. The Morgan fingerprint density at radius 2 is 1.56 bits per heavy atom. The molecule has 2 heteroatoms. The Labute approximate surface area is 94.9 Å². The van der Waals surface area contributed by atoms with Crippen LogP contribution in [-0.2, 0) is 4.79 Å². The highest BCUT2D eigenvalue weighted by Crippen LogP contribution is 2.14. The summed E-state index contributed by atoms with van der Waals surface area (Å²) >= 11 is 0. The van der Waals surface area contributed by atoms with Gasteiger partial charge in [0.05, 0.1) is 0 Å². The molecule has 16 heavy (non-hydrogen) atoms. The summed E-state index contributed by atoms with van der Waals surface area (Å²) in [4.78, 5) is 19.9. The van der Waals surface area contributed by atoms with Crippen molar-refractivity contribution in [2.75, 3.05) is 0 Å². The van der Waals surface area contributed by atoms with E-state index in [4.69, 9.17) is 0 Å². The van der Waals surface area contributed by atoms with E-state index < -0.39 is 0 Å². The van der Waals surface area contributed by atoms with Crippen molar-refractivity contribution in [1.29, 1.82) is 0 Å². The monoisotopic (exact) mass is 214 g/mol. The summed E-state index contributed by atoms with van der Waals surface area (Å²) < 4.78 is 0. The van der Waals surface area contributed by atoms with Gasteiger partial charge in [-0.3, -0.25) is 4.79 Å². The van der Waals surface area contributed by atoms with Gasteiger partial charge in [0.15, 0.2) is 0 Å². The first-order valence-corrected chi connectivity index (χ1v) is 5.04.